The summed E-state index contributed by atoms with van der Waals surface area (Å²) in [6.07, 6.45) is 4.92. The van der Waals surface area contributed by atoms with Gasteiger partial charge in [-0.1, -0.05) is 136 Å². The highest BCUT2D eigenvalue weighted by Gasteiger charge is 2.60. The van der Waals surface area contributed by atoms with E-state index in [4.69, 9.17) is 0 Å². The maximum absolute atomic E-state index is 15.2. The van der Waals surface area contributed by atoms with Crippen LogP contribution >= 0.6 is 0 Å². The molecule has 2 unspecified atom stereocenters. The molecule has 2 aliphatic heterocycles. The molecule has 2 atom stereocenters. The van der Waals surface area contributed by atoms with Crippen LogP contribution in [-0.4, -0.2) is 47.5 Å². The van der Waals surface area contributed by atoms with Crippen LogP contribution in [0.4, 0.5) is 0 Å². The van der Waals surface area contributed by atoms with E-state index in [2.05, 4.69) is 0 Å². The van der Waals surface area contributed by atoms with Gasteiger partial charge in [-0.2, -0.15) is 8.61 Å². The van der Waals surface area contributed by atoms with Crippen LogP contribution in [0.2, 0.25) is 0 Å². The Morgan fingerprint density at radius 1 is 0.500 bits per heavy atom. The molecule has 0 saturated carbocycles. The zero-order valence-corrected chi connectivity index (χ0v) is 36.9. The van der Waals surface area contributed by atoms with Gasteiger partial charge in [0.2, 0.25) is 11.4 Å². The van der Waals surface area contributed by atoms with E-state index < -0.39 is 43.3 Å². The van der Waals surface area contributed by atoms with Gasteiger partial charge in [-0.15, -0.1) is 0 Å². The summed E-state index contributed by atoms with van der Waals surface area (Å²) in [5.74, 6) is -1.88. The van der Waals surface area contributed by atoms with Crippen molar-refractivity contribution in [3.05, 3.63) is 177 Å². The average Bonchev–Trinajstić information content (AvgIpc) is 3.65. The summed E-state index contributed by atoms with van der Waals surface area (Å²) >= 11 is 0. The van der Waals surface area contributed by atoms with Crippen LogP contribution in [0.5, 0.6) is 0 Å². The minimum atomic E-state index is -4.72. The number of hydrogen-bond acceptors (Lipinski definition) is 8. The van der Waals surface area contributed by atoms with Gasteiger partial charge >= 0.3 is 0 Å². The molecule has 2 heterocycles. The van der Waals surface area contributed by atoms with Crippen molar-refractivity contribution in [1.82, 2.24) is 8.61 Å². The van der Waals surface area contributed by atoms with Crippen molar-refractivity contribution < 1.29 is 36.6 Å². The molecule has 62 heavy (non-hydrogen) atoms. The molecule has 2 amide bonds. The Balaban J connectivity index is 1.50. The van der Waals surface area contributed by atoms with E-state index in [0.717, 1.165) is 36.8 Å². The monoisotopic (exact) mass is 870 g/mol. The molecule has 0 fully saturated rings. The van der Waals surface area contributed by atoms with E-state index in [0.29, 0.717) is 43.4 Å². The predicted octanol–water partition coefficient (Wildman–Crippen LogP) is 9.00. The van der Waals surface area contributed by atoms with Crippen LogP contribution in [0.3, 0.4) is 0 Å². The van der Waals surface area contributed by atoms with E-state index in [1.165, 1.54) is 24.3 Å². The van der Waals surface area contributed by atoms with E-state index in [1.807, 2.05) is 27.7 Å². The number of fused-ring (bicyclic) bond motifs is 3. The van der Waals surface area contributed by atoms with Crippen LogP contribution in [0.25, 0.3) is 10.8 Å². The maximum atomic E-state index is 15.2. The lowest BCUT2D eigenvalue weighted by Gasteiger charge is -2.35. The fraction of sp³-hybridized carbons (Fsp3) is 0.280. The average molecular weight is 871 g/mol. The van der Waals surface area contributed by atoms with Gasteiger partial charge < -0.3 is 10.2 Å². The first-order valence-electron chi connectivity index (χ1n) is 21.2. The fourth-order valence-electron chi connectivity index (χ4n) is 9.22. The summed E-state index contributed by atoms with van der Waals surface area (Å²) in [6, 6.07) is 31.7. The lowest BCUT2D eigenvalue weighted by Crippen LogP contribution is -2.48. The molecule has 320 valence electrons. The summed E-state index contributed by atoms with van der Waals surface area (Å²) in [5, 5.41) is 27.6. The first-order valence-corrected chi connectivity index (χ1v) is 24.1. The first kappa shape index (κ1) is 43.0. The second-order valence-corrected chi connectivity index (χ2v) is 20.0. The van der Waals surface area contributed by atoms with Crippen LogP contribution in [0.1, 0.15) is 118 Å². The minimum absolute atomic E-state index is 0.0422. The highest BCUT2D eigenvalue weighted by molar-refractivity contribution is 7.90. The number of carbonyl (C=O) groups is 2. The predicted molar refractivity (Wildman–Crippen MR) is 238 cm³/mol. The van der Waals surface area contributed by atoms with Crippen LogP contribution in [-0.2, 0) is 44.3 Å². The minimum Gasteiger partial charge on any atom is -0.362 e. The highest BCUT2D eigenvalue weighted by Crippen LogP contribution is 2.53. The highest BCUT2D eigenvalue weighted by atomic mass is 32.2. The topological polar surface area (TPSA) is 149 Å². The summed E-state index contributed by atoms with van der Waals surface area (Å²) in [4.78, 5) is 30.0. The van der Waals surface area contributed by atoms with Gasteiger partial charge in [0, 0.05) is 22.3 Å². The smallest absolute Gasteiger partial charge is 0.271 e. The van der Waals surface area contributed by atoms with E-state index in [9.17, 15) is 27.0 Å². The van der Waals surface area contributed by atoms with Crippen molar-refractivity contribution in [2.24, 2.45) is 0 Å². The molecular weight excluding hydrogens is 821 g/mol. The Bertz CT molecular complexity index is 2740. The Labute approximate surface area is 363 Å². The Kier molecular flexibility index (Phi) is 11.3. The first-order chi connectivity index (χ1) is 29.6. The van der Waals surface area contributed by atoms with Crippen molar-refractivity contribution in [3.63, 3.8) is 0 Å². The van der Waals surface area contributed by atoms with Gasteiger partial charge in [0.15, 0.2) is 0 Å². The Hall–Kier alpha value is -5.66. The lowest BCUT2D eigenvalue weighted by molar-refractivity contribution is -0.00876. The molecule has 8 rings (SSSR count). The third-order valence-electron chi connectivity index (χ3n) is 12.3. The number of aliphatic hydroxyl groups is 2. The van der Waals surface area contributed by atoms with Crippen molar-refractivity contribution in [2.45, 2.75) is 100 Å². The number of sulfonamides is 2. The molecule has 6 aromatic carbocycles. The van der Waals surface area contributed by atoms with Gasteiger partial charge in [0.25, 0.3) is 31.9 Å². The van der Waals surface area contributed by atoms with Gasteiger partial charge in [0.1, 0.15) is 0 Å². The molecule has 0 aliphatic carbocycles. The Morgan fingerprint density at radius 3 is 1.16 bits per heavy atom. The van der Waals surface area contributed by atoms with Gasteiger partial charge in [-0.05, 0) is 97.8 Å². The van der Waals surface area contributed by atoms with Gasteiger partial charge in [0.05, 0.1) is 20.9 Å². The van der Waals surface area contributed by atoms with Crippen LogP contribution in [0, 0.1) is 13.8 Å². The second kappa shape index (κ2) is 16.2. The summed E-state index contributed by atoms with van der Waals surface area (Å²) in [5.41, 5.74) is -2.14. The summed E-state index contributed by atoms with van der Waals surface area (Å²) in [7, 11) is -9.43. The quantitative estimate of drug-likeness (QED) is 0.103. The molecule has 6 aromatic rings. The summed E-state index contributed by atoms with van der Waals surface area (Å²) < 4.78 is 60.5. The fourth-order valence-corrected chi connectivity index (χ4v) is 12.3. The number of amides is 2. The molecule has 0 saturated heterocycles. The third-order valence-corrected chi connectivity index (χ3v) is 15.9. The van der Waals surface area contributed by atoms with Crippen LogP contribution < -0.4 is 0 Å². The van der Waals surface area contributed by atoms with Crippen LogP contribution in [0.15, 0.2) is 131 Å². The molecular formula is C50H50N2O8S2. The number of benzene rings is 6. The van der Waals surface area contributed by atoms with Crippen molar-refractivity contribution in [2.75, 3.05) is 0 Å². The standard InChI is InChI=1S/C50H50N2O8S2/c1-5-7-11-21-39-41-31-44-46(50(56,36-19-15-10-16-20-36)52(48(44)54)62(59,60)38-29-25-34(4)26-30-38)40(22-12-8-6-2)42(41)32-43-45(39)49(55,35-17-13-9-14-18-35)51(47(43)53)61(57,58)37-27-23-33(3)24-28-37/h9-10,13-20,23-32,55-56H,5-8,11-12,21-22H2,1-4H3. The molecule has 0 radical (unpaired) electrons. The number of unbranched alkanes of at least 4 members (excludes halogenated alkanes) is 4. The number of nitrogens with zero attached hydrogens (tertiary/aromatic N) is 2. The number of aryl methyl sites for hydroxylation is 4. The molecule has 2 aliphatic rings. The largest absolute Gasteiger partial charge is 0.362 e. The molecule has 10 nitrogen and oxygen atoms in total. The number of carbonyl (C=O) groups excluding carboxylic acids is 2. The van der Waals surface area contributed by atoms with E-state index in [1.54, 1.807) is 97.1 Å². The van der Waals surface area contributed by atoms with Crippen molar-refractivity contribution in [1.29, 1.82) is 0 Å². The third kappa shape index (κ3) is 6.66. The van der Waals surface area contributed by atoms with E-state index >= 15 is 9.59 Å². The normalized spacial score (nSPS) is 18.7. The molecule has 0 bridgehead atoms. The van der Waals surface area contributed by atoms with Gasteiger partial charge in [-0.25, -0.2) is 16.8 Å². The molecule has 0 aromatic heterocycles. The lowest BCUT2D eigenvalue weighted by atomic mass is 9.80. The van der Waals surface area contributed by atoms with E-state index in [-0.39, 0.29) is 56.0 Å². The molecule has 0 spiro atoms. The molecule has 2 N–H and O–H groups in total. The summed E-state index contributed by atoms with van der Waals surface area (Å²) in [6.45, 7) is 7.71. The van der Waals surface area contributed by atoms with Crippen molar-refractivity contribution >= 4 is 42.6 Å². The molecule has 12 heteroatoms. The number of hydrogen-bond donors (Lipinski definition) is 2. The zero-order chi connectivity index (χ0) is 44.2. The van der Waals surface area contributed by atoms with Gasteiger partial charge in [-0.3, -0.25) is 9.59 Å². The second-order valence-electron chi connectivity index (χ2n) is 16.4. The zero-order valence-electron chi connectivity index (χ0n) is 35.3. The SMILES string of the molecule is CCCCCc1c2c(cc3c(CCCCC)c4c(cc13)C(=O)N(S(=O)(=O)c1ccc(C)cc1)C4(O)c1ccccc1)C(=O)N(S(=O)(=O)c1ccc(C)cc1)C2(O)c1ccccc1. The Morgan fingerprint density at radius 2 is 0.839 bits per heavy atom. The van der Waals surface area contributed by atoms with Crippen molar-refractivity contribution in [3.8, 4) is 0 Å². The maximum Gasteiger partial charge on any atom is 0.271 e. The number of rotatable bonds is 14.